The molecule has 0 saturated carbocycles. The number of nitrogens with one attached hydrogen (secondary N) is 1. The summed E-state index contributed by atoms with van der Waals surface area (Å²) in [5.41, 5.74) is 4.03. The zero-order valence-electron chi connectivity index (χ0n) is 11.6. The van der Waals surface area contributed by atoms with E-state index in [1.54, 1.807) is 37.3 Å². The third kappa shape index (κ3) is 3.56. The number of benzene rings is 1. The second kappa shape index (κ2) is 6.51. The Morgan fingerprint density at radius 3 is 2.52 bits per heavy atom. The van der Waals surface area contributed by atoms with Crippen LogP contribution < -0.4 is 5.43 Å². The lowest BCUT2D eigenvalue weighted by Crippen LogP contribution is -2.17. The molecule has 2 aromatic rings. The van der Waals surface area contributed by atoms with Gasteiger partial charge in [-0.2, -0.15) is 5.10 Å². The zero-order chi connectivity index (χ0) is 15.2. The van der Waals surface area contributed by atoms with Crippen molar-refractivity contribution in [1.82, 2.24) is 5.43 Å². The summed E-state index contributed by atoms with van der Waals surface area (Å²) in [6, 6.07) is 8.21. The number of nitrogens with zero attached hydrogens (tertiary/aromatic N) is 1. The summed E-state index contributed by atoms with van der Waals surface area (Å²) in [4.78, 5) is 23.0. The van der Waals surface area contributed by atoms with E-state index in [1.165, 1.54) is 19.6 Å². The van der Waals surface area contributed by atoms with Crippen molar-refractivity contribution in [2.45, 2.75) is 6.92 Å². The van der Waals surface area contributed by atoms with E-state index in [1.807, 2.05) is 0 Å². The third-order valence-electron chi connectivity index (χ3n) is 2.81. The first kappa shape index (κ1) is 14.5. The number of esters is 1. The largest absolute Gasteiger partial charge is 0.469 e. The number of rotatable bonds is 4. The molecule has 1 heterocycles. The minimum atomic E-state index is -0.401. The van der Waals surface area contributed by atoms with Crippen molar-refractivity contribution in [3.63, 3.8) is 0 Å². The van der Waals surface area contributed by atoms with E-state index in [4.69, 9.17) is 4.42 Å². The fourth-order valence-corrected chi connectivity index (χ4v) is 1.67. The van der Waals surface area contributed by atoms with Gasteiger partial charge in [-0.3, -0.25) is 4.79 Å². The van der Waals surface area contributed by atoms with Crippen LogP contribution >= 0.6 is 0 Å². The Bertz CT molecular complexity index is 671. The molecular weight excluding hydrogens is 272 g/mol. The minimum absolute atomic E-state index is 0.344. The summed E-state index contributed by atoms with van der Waals surface area (Å²) in [6.45, 7) is 1.70. The van der Waals surface area contributed by atoms with Crippen molar-refractivity contribution in [2.24, 2.45) is 5.10 Å². The van der Waals surface area contributed by atoms with Gasteiger partial charge < -0.3 is 9.15 Å². The van der Waals surface area contributed by atoms with Crippen molar-refractivity contribution >= 4 is 18.1 Å². The molecule has 0 aliphatic rings. The summed E-state index contributed by atoms with van der Waals surface area (Å²) < 4.78 is 9.64. The third-order valence-corrected chi connectivity index (χ3v) is 2.81. The number of ether oxygens (including phenoxy) is 1. The number of carbonyl (C=O) groups is 2. The van der Waals surface area contributed by atoms with Crippen LogP contribution in [0.3, 0.4) is 0 Å². The van der Waals surface area contributed by atoms with Gasteiger partial charge in [-0.1, -0.05) is 12.1 Å². The van der Waals surface area contributed by atoms with E-state index >= 15 is 0 Å². The first-order chi connectivity index (χ1) is 10.1. The number of furan rings is 1. The van der Waals surface area contributed by atoms with Gasteiger partial charge in [0.15, 0.2) is 0 Å². The number of amides is 1. The molecule has 108 valence electrons. The number of methoxy groups -OCH3 is 1. The quantitative estimate of drug-likeness (QED) is 0.530. The summed E-state index contributed by atoms with van der Waals surface area (Å²) in [5.74, 6) is -0.212. The molecule has 1 aromatic heterocycles. The Labute approximate surface area is 121 Å². The van der Waals surface area contributed by atoms with Crippen molar-refractivity contribution in [1.29, 1.82) is 0 Å². The predicted octanol–water partition coefficient (Wildman–Crippen LogP) is 2.14. The van der Waals surface area contributed by atoms with Gasteiger partial charge in [-0.05, 0) is 30.7 Å². The second-order valence-electron chi connectivity index (χ2n) is 4.20. The van der Waals surface area contributed by atoms with Crippen LogP contribution in [0.5, 0.6) is 0 Å². The Morgan fingerprint density at radius 2 is 1.95 bits per heavy atom. The van der Waals surface area contributed by atoms with E-state index in [0.29, 0.717) is 16.9 Å². The Kier molecular flexibility index (Phi) is 4.50. The molecule has 0 spiro atoms. The summed E-state index contributed by atoms with van der Waals surface area (Å²) in [6.07, 6.45) is 2.92. The lowest BCUT2D eigenvalue weighted by Gasteiger charge is -2.00. The van der Waals surface area contributed by atoms with Crippen molar-refractivity contribution in [3.05, 3.63) is 59.0 Å². The van der Waals surface area contributed by atoms with Crippen molar-refractivity contribution < 1.29 is 18.7 Å². The highest BCUT2D eigenvalue weighted by molar-refractivity contribution is 5.95. The number of hydrogen-bond acceptors (Lipinski definition) is 5. The first-order valence-electron chi connectivity index (χ1n) is 6.17. The highest BCUT2D eigenvalue weighted by atomic mass is 16.5. The number of hydrazone groups is 1. The lowest BCUT2D eigenvalue weighted by molar-refractivity contribution is 0.0600. The molecule has 0 fully saturated rings. The molecule has 1 aromatic carbocycles. The molecule has 0 aliphatic heterocycles. The first-order valence-corrected chi connectivity index (χ1v) is 6.17. The maximum atomic E-state index is 11.8. The molecule has 0 aliphatic carbocycles. The van der Waals surface area contributed by atoms with Gasteiger partial charge in [0.1, 0.15) is 5.76 Å². The van der Waals surface area contributed by atoms with Crippen LogP contribution in [-0.4, -0.2) is 25.2 Å². The normalized spacial score (nSPS) is 10.6. The minimum Gasteiger partial charge on any atom is -0.469 e. The Morgan fingerprint density at radius 1 is 1.24 bits per heavy atom. The molecule has 0 bridgehead atoms. The van der Waals surface area contributed by atoms with Gasteiger partial charge in [0, 0.05) is 0 Å². The fraction of sp³-hybridized carbons (Fsp3) is 0.133. The van der Waals surface area contributed by atoms with Gasteiger partial charge in [0.25, 0.3) is 5.91 Å². The molecule has 6 nitrogen and oxygen atoms in total. The van der Waals surface area contributed by atoms with Crippen molar-refractivity contribution in [3.8, 4) is 0 Å². The average Bonchev–Trinajstić information content (AvgIpc) is 2.93. The summed E-state index contributed by atoms with van der Waals surface area (Å²) in [5, 5.41) is 3.85. The SMILES string of the molecule is COC(=O)c1ccc(/C=N/NC(=O)c2ccoc2C)cc1. The molecule has 2 rings (SSSR count). The van der Waals surface area contributed by atoms with E-state index in [0.717, 1.165) is 5.56 Å². The highest BCUT2D eigenvalue weighted by Gasteiger charge is 2.09. The second-order valence-corrected chi connectivity index (χ2v) is 4.20. The van der Waals surface area contributed by atoms with E-state index in [2.05, 4.69) is 15.3 Å². The fourth-order valence-electron chi connectivity index (χ4n) is 1.67. The molecule has 1 amide bonds. The lowest BCUT2D eigenvalue weighted by atomic mass is 10.1. The van der Waals surface area contributed by atoms with Crippen LogP contribution in [0.15, 0.2) is 46.1 Å². The molecule has 0 atom stereocenters. The van der Waals surface area contributed by atoms with Crippen LogP contribution in [0.25, 0.3) is 0 Å². The summed E-state index contributed by atoms with van der Waals surface area (Å²) in [7, 11) is 1.32. The number of carbonyl (C=O) groups excluding carboxylic acids is 2. The molecular formula is C15H14N2O4. The number of hydrogen-bond donors (Lipinski definition) is 1. The van der Waals surface area contributed by atoms with Crippen LogP contribution in [0.1, 0.15) is 32.0 Å². The highest BCUT2D eigenvalue weighted by Crippen LogP contribution is 2.08. The Hall–Kier alpha value is -2.89. The van der Waals surface area contributed by atoms with E-state index in [9.17, 15) is 9.59 Å². The van der Waals surface area contributed by atoms with Crippen LogP contribution in [-0.2, 0) is 4.74 Å². The monoisotopic (exact) mass is 286 g/mol. The molecule has 0 unspecified atom stereocenters. The van der Waals surface area contributed by atoms with Gasteiger partial charge in [-0.25, -0.2) is 10.2 Å². The standard InChI is InChI=1S/C15H14N2O4/c1-10-13(7-8-21-10)14(18)17-16-9-11-3-5-12(6-4-11)15(19)20-2/h3-9H,1-2H3,(H,17,18)/b16-9+. The molecule has 6 heteroatoms. The zero-order valence-corrected chi connectivity index (χ0v) is 11.6. The van der Waals surface area contributed by atoms with E-state index in [-0.39, 0.29) is 5.91 Å². The van der Waals surface area contributed by atoms with Crippen LogP contribution in [0.4, 0.5) is 0 Å². The molecule has 1 N–H and O–H groups in total. The topological polar surface area (TPSA) is 80.9 Å². The maximum Gasteiger partial charge on any atom is 0.337 e. The van der Waals surface area contributed by atoms with Gasteiger partial charge in [0.05, 0.1) is 30.7 Å². The van der Waals surface area contributed by atoms with Gasteiger partial charge in [0.2, 0.25) is 0 Å². The van der Waals surface area contributed by atoms with Crippen LogP contribution in [0.2, 0.25) is 0 Å². The average molecular weight is 286 g/mol. The van der Waals surface area contributed by atoms with Crippen LogP contribution in [0, 0.1) is 6.92 Å². The smallest absolute Gasteiger partial charge is 0.337 e. The van der Waals surface area contributed by atoms with Crippen molar-refractivity contribution in [2.75, 3.05) is 7.11 Å². The maximum absolute atomic E-state index is 11.8. The predicted molar refractivity (Wildman–Crippen MR) is 76.3 cm³/mol. The van der Waals surface area contributed by atoms with Gasteiger partial charge in [-0.15, -0.1) is 0 Å². The summed E-state index contributed by atoms with van der Waals surface area (Å²) >= 11 is 0. The molecule has 0 radical (unpaired) electrons. The van der Waals surface area contributed by atoms with E-state index < -0.39 is 5.97 Å². The van der Waals surface area contributed by atoms with Gasteiger partial charge >= 0.3 is 5.97 Å². The molecule has 21 heavy (non-hydrogen) atoms. The Balaban J connectivity index is 1.97. The number of aryl methyl sites for hydroxylation is 1. The molecule has 0 saturated heterocycles.